The molecule has 0 radical (unpaired) electrons. The Morgan fingerprint density at radius 2 is 2.00 bits per heavy atom. The van der Waals surface area contributed by atoms with Crippen molar-refractivity contribution in [1.82, 2.24) is 15.1 Å². The van der Waals surface area contributed by atoms with Gasteiger partial charge in [0.2, 0.25) is 0 Å². The van der Waals surface area contributed by atoms with E-state index >= 15 is 0 Å². The van der Waals surface area contributed by atoms with Crippen LogP contribution in [-0.2, 0) is 9.84 Å². The van der Waals surface area contributed by atoms with E-state index in [1.165, 1.54) is 19.4 Å². The van der Waals surface area contributed by atoms with Crippen LogP contribution in [0.1, 0.15) is 47.5 Å². The van der Waals surface area contributed by atoms with Gasteiger partial charge >= 0.3 is 0 Å². The maximum Gasteiger partial charge on any atom is 0.194 e. The predicted octanol–water partition coefficient (Wildman–Crippen LogP) is 2.20. The lowest BCUT2D eigenvalue weighted by Gasteiger charge is -2.39. The summed E-state index contributed by atoms with van der Waals surface area (Å²) in [6.07, 6.45) is 2.45. The first-order valence-electron chi connectivity index (χ1n) is 9.66. The highest BCUT2D eigenvalue weighted by atomic mass is 127. The molecule has 154 valence electrons. The molecule has 0 spiro atoms. The van der Waals surface area contributed by atoms with Crippen molar-refractivity contribution >= 4 is 39.8 Å². The quantitative estimate of drug-likeness (QED) is 0.356. The summed E-state index contributed by atoms with van der Waals surface area (Å²) in [6, 6.07) is 0.512. The van der Waals surface area contributed by atoms with Gasteiger partial charge in [-0.25, -0.2) is 8.42 Å². The van der Waals surface area contributed by atoms with E-state index in [9.17, 15) is 8.42 Å². The van der Waals surface area contributed by atoms with Crippen LogP contribution in [0.3, 0.4) is 0 Å². The molecule has 2 rings (SSSR count). The summed E-state index contributed by atoms with van der Waals surface area (Å²) in [5.74, 6) is 1.74. The third-order valence-corrected chi connectivity index (χ3v) is 7.76. The van der Waals surface area contributed by atoms with Crippen molar-refractivity contribution in [2.45, 2.75) is 58.2 Å². The minimum Gasteiger partial charge on any atom is -0.357 e. The lowest BCUT2D eigenvalue weighted by atomic mass is 10.1. The third kappa shape index (κ3) is 5.95. The van der Waals surface area contributed by atoms with Gasteiger partial charge in [-0.05, 0) is 46.1 Å². The van der Waals surface area contributed by atoms with E-state index in [1.807, 2.05) is 13.8 Å². The molecule has 2 aliphatic heterocycles. The Kier molecular flexibility index (Phi) is 9.13. The molecule has 2 aliphatic rings. The fourth-order valence-corrected chi connectivity index (χ4v) is 5.12. The van der Waals surface area contributed by atoms with E-state index in [4.69, 9.17) is 4.99 Å². The minimum absolute atomic E-state index is 0. The molecule has 0 saturated carbocycles. The van der Waals surface area contributed by atoms with Crippen molar-refractivity contribution in [2.75, 3.05) is 45.0 Å². The molecule has 0 amide bonds. The summed E-state index contributed by atoms with van der Waals surface area (Å²) in [7, 11) is -3.03. The van der Waals surface area contributed by atoms with E-state index < -0.39 is 14.6 Å². The number of likely N-dealkylation sites (tertiary alicyclic amines) is 1. The fraction of sp³-hybridized carbons (Fsp3) is 0.944. The molecule has 1 atom stereocenters. The largest absolute Gasteiger partial charge is 0.357 e. The Morgan fingerprint density at radius 3 is 2.58 bits per heavy atom. The van der Waals surface area contributed by atoms with Crippen molar-refractivity contribution in [3.8, 4) is 0 Å². The Balaban J connectivity index is 0.00000338. The summed E-state index contributed by atoms with van der Waals surface area (Å²) < 4.78 is 23.8. The number of guanidine groups is 1. The molecular weight excluding hydrogens is 463 g/mol. The van der Waals surface area contributed by atoms with Crippen LogP contribution in [0, 0.1) is 5.92 Å². The molecule has 2 heterocycles. The topological polar surface area (TPSA) is 65.0 Å². The third-order valence-electron chi connectivity index (χ3n) is 5.23. The minimum atomic E-state index is -3.03. The van der Waals surface area contributed by atoms with Crippen LogP contribution in [0.25, 0.3) is 0 Å². The lowest BCUT2D eigenvalue weighted by molar-refractivity contribution is 0.230. The van der Waals surface area contributed by atoms with E-state index in [0.717, 1.165) is 25.6 Å². The molecule has 2 fully saturated rings. The Morgan fingerprint density at radius 1 is 1.31 bits per heavy atom. The zero-order valence-electron chi connectivity index (χ0n) is 17.0. The van der Waals surface area contributed by atoms with Gasteiger partial charge in [0.25, 0.3) is 0 Å². The highest BCUT2D eigenvalue weighted by molar-refractivity contribution is 14.0. The van der Waals surface area contributed by atoms with Crippen LogP contribution in [0.4, 0.5) is 0 Å². The van der Waals surface area contributed by atoms with E-state index in [2.05, 4.69) is 35.9 Å². The monoisotopic (exact) mass is 500 g/mol. The summed E-state index contributed by atoms with van der Waals surface area (Å²) >= 11 is 0. The average molecular weight is 500 g/mol. The maximum atomic E-state index is 12.2. The highest BCUT2D eigenvalue weighted by Gasteiger charge is 2.41. The summed E-state index contributed by atoms with van der Waals surface area (Å²) in [5.41, 5.74) is 0. The van der Waals surface area contributed by atoms with Gasteiger partial charge in [-0.2, -0.15) is 0 Å². The molecule has 1 N–H and O–H groups in total. The Bertz CT molecular complexity index is 578. The maximum absolute atomic E-state index is 12.2. The van der Waals surface area contributed by atoms with Gasteiger partial charge < -0.3 is 10.2 Å². The van der Waals surface area contributed by atoms with Crippen molar-refractivity contribution in [2.24, 2.45) is 10.9 Å². The van der Waals surface area contributed by atoms with Gasteiger partial charge in [0.05, 0.1) is 17.0 Å². The van der Waals surface area contributed by atoms with Crippen molar-refractivity contribution in [1.29, 1.82) is 0 Å². The second-order valence-corrected chi connectivity index (χ2v) is 11.1. The molecular formula is C18H37IN4O2S. The first-order chi connectivity index (χ1) is 11.7. The number of hydrogen-bond acceptors (Lipinski definition) is 4. The second kappa shape index (κ2) is 9.91. The van der Waals surface area contributed by atoms with Crippen molar-refractivity contribution in [3.63, 3.8) is 0 Å². The van der Waals surface area contributed by atoms with E-state index in [0.29, 0.717) is 25.0 Å². The predicted molar refractivity (Wildman–Crippen MR) is 120 cm³/mol. The van der Waals surface area contributed by atoms with Gasteiger partial charge in [-0.1, -0.05) is 13.8 Å². The number of nitrogens with zero attached hydrogens (tertiary/aromatic N) is 3. The number of aliphatic imine (C=N–C) groups is 1. The number of nitrogens with one attached hydrogen (secondary N) is 1. The smallest absolute Gasteiger partial charge is 0.194 e. The average Bonchev–Trinajstić information content (AvgIpc) is 2.93. The Labute approximate surface area is 177 Å². The van der Waals surface area contributed by atoms with Crippen molar-refractivity contribution < 1.29 is 8.42 Å². The van der Waals surface area contributed by atoms with Gasteiger partial charge in [0.1, 0.15) is 0 Å². The number of sulfone groups is 1. The second-order valence-electron chi connectivity index (χ2n) is 8.38. The molecule has 8 heteroatoms. The lowest BCUT2D eigenvalue weighted by Crippen LogP contribution is -2.57. The van der Waals surface area contributed by atoms with Crippen LogP contribution in [0.2, 0.25) is 0 Å². The van der Waals surface area contributed by atoms with E-state index in [-0.39, 0.29) is 29.7 Å². The molecule has 0 aromatic rings. The molecule has 0 aliphatic carbocycles. The standard InChI is InChI=1S/C18H36N4O2S.HI/c1-6-19-17(22-10-11-25(23,24)18(4,5)14-22)20-12-16-8-7-9-21(16)13-15(2)3;/h15-16H,6-14H2,1-5H3,(H,19,20);1H/t16-;/m1./s1. The van der Waals surface area contributed by atoms with Gasteiger partial charge in [0, 0.05) is 32.2 Å². The van der Waals surface area contributed by atoms with E-state index in [1.54, 1.807) is 0 Å². The molecule has 0 bridgehead atoms. The summed E-state index contributed by atoms with van der Waals surface area (Å²) in [6.45, 7) is 15.1. The number of hydrogen-bond donors (Lipinski definition) is 1. The molecule has 2 saturated heterocycles. The highest BCUT2D eigenvalue weighted by Crippen LogP contribution is 2.24. The SMILES string of the molecule is CCNC(=NC[C@H]1CCCN1CC(C)C)N1CCS(=O)(=O)C(C)(C)C1.I. The zero-order chi connectivity index (χ0) is 18.7. The van der Waals surface area contributed by atoms with Crippen LogP contribution in [0.15, 0.2) is 4.99 Å². The number of halogens is 1. The van der Waals surface area contributed by atoms with Crippen LogP contribution < -0.4 is 5.32 Å². The normalized spacial score (nSPS) is 26.0. The first-order valence-corrected chi connectivity index (χ1v) is 11.3. The van der Waals surface area contributed by atoms with Gasteiger partial charge in [-0.3, -0.25) is 9.89 Å². The molecule has 0 aromatic heterocycles. The number of rotatable bonds is 5. The fourth-order valence-electron chi connectivity index (χ4n) is 3.75. The summed E-state index contributed by atoms with van der Waals surface area (Å²) in [5, 5.41) is 3.36. The molecule has 0 unspecified atom stereocenters. The Hall–Kier alpha value is -0.0900. The van der Waals surface area contributed by atoms with Crippen LogP contribution in [0.5, 0.6) is 0 Å². The molecule has 0 aromatic carbocycles. The summed E-state index contributed by atoms with van der Waals surface area (Å²) in [4.78, 5) is 9.56. The van der Waals surface area contributed by atoms with Gasteiger partial charge in [0.15, 0.2) is 15.8 Å². The van der Waals surface area contributed by atoms with Crippen LogP contribution >= 0.6 is 24.0 Å². The van der Waals surface area contributed by atoms with Crippen molar-refractivity contribution in [3.05, 3.63) is 0 Å². The molecule has 26 heavy (non-hydrogen) atoms. The zero-order valence-corrected chi connectivity index (χ0v) is 20.1. The first kappa shape index (κ1) is 23.9. The van der Waals surface area contributed by atoms with Gasteiger partial charge in [-0.15, -0.1) is 24.0 Å². The van der Waals surface area contributed by atoms with Crippen LogP contribution in [-0.4, -0.2) is 80.0 Å². The molecule has 6 nitrogen and oxygen atoms in total.